The maximum atomic E-state index is 5.80. The number of hydrogen-bond donors (Lipinski definition) is 0. The fourth-order valence-electron chi connectivity index (χ4n) is 3.58. The smallest absolute Gasteiger partial charge is 0.157 e. The molecule has 1 rings (SSSR count). The average Bonchev–Trinajstić information content (AvgIpc) is 2.76. The number of aryl methyl sites for hydroxylation is 1. The van der Waals surface area contributed by atoms with Crippen LogP contribution in [0, 0.1) is 20.8 Å². The van der Waals surface area contributed by atoms with E-state index in [0.717, 1.165) is 32.5 Å². The van der Waals surface area contributed by atoms with Crippen LogP contribution in [0.2, 0.25) is 0 Å². The maximum Gasteiger partial charge on any atom is 0.157 e. The third-order valence-electron chi connectivity index (χ3n) is 5.74. The lowest BCUT2D eigenvalue weighted by Gasteiger charge is -2.17. The Balaban J connectivity index is 2.20. The molecule has 0 bridgehead atoms. The Labute approximate surface area is 196 Å². The molecule has 1 aromatic rings. The molecule has 0 amide bonds. The first kappa shape index (κ1) is 27.8. The van der Waals surface area contributed by atoms with Gasteiger partial charge in [-0.25, -0.2) is 0 Å². The second kappa shape index (κ2) is 17.4. The van der Waals surface area contributed by atoms with E-state index < -0.39 is 0 Å². The molecule has 0 aliphatic carbocycles. The third kappa shape index (κ3) is 10.9. The van der Waals surface area contributed by atoms with Crippen LogP contribution in [0.25, 0.3) is 0 Å². The van der Waals surface area contributed by atoms with Crippen LogP contribution in [-0.2, 0) is 15.9 Å². The molecule has 1 atom stereocenters. The van der Waals surface area contributed by atoms with Gasteiger partial charge in [0.25, 0.3) is 0 Å². The minimum Gasteiger partial charge on any atom is -0.353 e. The zero-order valence-corrected chi connectivity index (χ0v) is 22.6. The fourth-order valence-corrected chi connectivity index (χ4v) is 5.38. The van der Waals surface area contributed by atoms with Gasteiger partial charge in [-0.05, 0) is 113 Å². The van der Waals surface area contributed by atoms with Crippen LogP contribution in [0.4, 0.5) is 0 Å². The number of halogens is 1. The summed E-state index contributed by atoms with van der Waals surface area (Å²) in [6, 6.07) is 2.41. The second-order valence-electron chi connectivity index (χ2n) is 8.23. The fraction of sp³-hybridized carbons (Fsp3) is 0.692. The van der Waals surface area contributed by atoms with E-state index in [1.807, 2.05) is 0 Å². The van der Waals surface area contributed by atoms with Gasteiger partial charge < -0.3 is 9.47 Å². The molecule has 0 aromatic heterocycles. The molecule has 30 heavy (non-hydrogen) atoms. The molecule has 4 heteroatoms. The topological polar surface area (TPSA) is 18.5 Å². The summed E-state index contributed by atoms with van der Waals surface area (Å²) in [6.07, 6.45) is 16.4. The summed E-state index contributed by atoms with van der Waals surface area (Å²) in [4.78, 5) is 0. The SMILES string of the molecule is CCCOC(CCCCC/C=C/CCCc1cc(PBr)c(C)c(C)c1C)OCCC. The molecule has 2 nitrogen and oxygen atoms in total. The highest BCUT2D eigenvalue weighted by Crippen LogP contribution is 2.27. The molecule has 172 valence electrons. The van der Waals surface area contributed by atoms with Crippen molar-refractivity contribution >= 4 is 28.1 Å². The van der Waals surface area contributed by atoms with Gasteiger partial charge in [0.1, 0.15) is 0 Å². The molecule has 0 radical (unpaired) electrons. The predicted molar refractivity (Wildman–Crippen MR) is 139 cm³/mol. The Morgan fingerprint density at radius 3 is 2.10 bits per heavy atom. The first-order chi connectivity index (χ1) is 14.5. The molecular weight excluding hydrogens is 455 g/mol. The monoisotopic (exact) mass is 498 g/mol. The Morgan fingerprint density at radius 2 is 1.50 bits per heavy atom. The van der Waals surface area contributed by atoms with Gasteiger partial charge in [-0.15, -0.1) is 0 Å². The summed E-state index contributed by atoms with van der Waals surface area (Å²) in [6.45, 7) is 12.7. The van der Waals surface area contributed by atoms with Crippen LogP contribution in [0.5, 0.6) is 0 Å². The van der Waals surface area contributed by atoms with Crippen molar-refractivity contribution in [1.82, 2.24) is 0 Å². The Kier molecular flexibility index (Phi) is 16.1. The molecule has 1 unspecified atom stereocenters. The standard InChI is InChI=1S/C26H44BrO2P/c1-6-18-28-26(29-19-7-2)17-15-13-11-9-8-10-12-14-16-24-20-25(30-27)23(5)21(3)22(24)4/h8,10,20,26,30H,6-7,9,11-19H2,1-5H3/b10-8+. The van der Waals surface area contributed by atoms with Crippen molar-refractivity contribution < 1.29 is 9.47 Å². The number of ether oxygens (including phenoxy) is 2. The normalized spacial score (nSPS) is 12.2. The van der Waals surface area contributed by atoms with Crippen molar-refractivity contribution in [3.05, 3.63) is 40.5 Å². The first-order valence-electron chi connectivity index (χ1n) is 11.9. The third-order valence-corrected chi connectivity index (χ3v) is 7.75. The second-order valence-corrected chi connectivity index (χ2v) is 10.1. The van der Waals surface area contributed by atoms with Crippen molar-refractivity contribution in [1.29, 1.82) is 0 Å². The van der Waals surface area contributed by atoms with Gasteiger partial charge in [0, 0.05) is 13.2 Å². The number of rotatable bonds is 17. The first-order valence-corrected chi connectivity index (χ1v) is 15.1. The van der Waals surface area contributed by atoms with Crippen molar-refractivity contribution in [3.63, 3.8) is 0 Å². The summed E-state index contributed by atoms with van der Waals surface area (Å²) in [5, 5.41) is 1.46. The largest absolute Gasteiger partial charge is 0.353 e. The Hall–Kier alpha value is -0.210. The summed E-state index contributed by atoms with van der Waals surface area (Å²) < 4.78 is 11.6. The van der Waals surface area contributed by atoms with Gasteiger partial charge in [0.15, 0.2) is 6.29 Å². The minimum absolute atomic E-state index is 0.0000897. The van der Waals surface area contributed by atoms with E-state index in [2.05, 4.69) is 68.3 Å². The molecule has 0 aliphatic heterocycles. The molecule has 0 saturated heterocycles. The zero-order chi connectivity index (χ0) is 22.2. The van der Waals surface area contributed by atoms with Gasteiger partial charge in [-0.2, -0.15) is 0 Å². The van der Waals surface area contributed by atoms with Crippen LogP contribution in [-0.4, -0.2) is 19.5 Å². The molecule has 0 saturated carbocycles. The van der Waals surface area contributed by atoms with Gasteiger partial charge in [0.2, 0.25) is 0 Å². The highest BCUT2D eigenvalue weighted by atomic mass is 79.9. The van der Waals surface area contributed by atoms with E-state index in [0.29, 0.717) is 7.28 Å². The van der Waals surface area contributed by atoms with Crippen molar-refractivity contribution in [2.75, 3.05) is 13.2 Å². The number of allylic oxidation sites excluding steroid dienone is 2. The molecule has 0 spiro atoms. The summed E-state index contributed by atoms with van der Waals surface area (Å²) in [5.74, 6) is 0. The van der Waals surface area contributed by atoms with Crippen LogP contribution in [0.1, 0.15) is 93.9 Å². The molecular formula is C26H44BrO2P. The quantitative estimate of drug-likeness (QED) is 0.0930. The Morgan fingerprint density at radius 1 is 0.867 bits per heavy atom. The molecule has 0 heterocycles. The summed E-state index contributed by atoms with van der Waals surface area (Å²) >= 11 is 3.66. The molecule has 0 fully saturated rings. The molecule has 0 N–H and O–H groups in total. The van der Waals surface area contributed by atoms with Crippen molar-refractivity contribution in [3.8, 4) is 0 Å². The molecule has 1 aromatic carbocycles. The number of hydrogen-bond acceptors (Lipinski definition) is 2. The highest BCUT2D eigenvalue weighted by Gasteiger charge is 2.09. The van der Waals surface area contributed by atoms with Crippen LogP contribution >= 0.6 is 22.8 Å². The number of unbranched alkanes of at least 4 members (excludes halogenated alkanes) is 4. The lowest BCUT2D eigenvalue weighted by atomic mass is 9.95. The lowest BCUT2D eigenvalue weighted by Crippen LogP contribution is -2.18. The van der Waals surface area contributed by atoms with Crippen LogP contribution in [0.3, 0.4) is 0 Å². The zero-order valence-electron chi connectivity index (χ0n) is 20.0. The molecule has 0 aliphatic rings. The van der Waals surface area contributed by atoms with Gasteiger partial charge in [-0.1, -0.05) is 54.0 Å². The van der Waals surface area contributed by atoms with Crippen LogP contribution in [0.15, 0.2) is 18.2 Å². The highest BCUT2D eigenvalue weighted by molar-refractivity contribution is 9.37. The van der Waals surface area contributed by atoms with E-state index in [-0.39, 0.29) is 6.29 Å². The average molecular weight is 500 g/mol. The van der Waals surface area contributed by atoms with Gasteiger partial charge in [0.05, 0.1) is 0 Å². The minimum atomic E-state index is -0.0000897. The van der Waals surface area contributed by atoms with E-state index >= 15 is 0 Å². The number of benzene rings is 1. The summed E-state index contributed by atoms with van der Waals surface area (Å²) in [5.41, 5.74) is 5.92. The lowest BCUT2D eigenvalue weighted by molar-refractivity contribution is -0.146. The predicted octanol–water partition coefficient (Wildman–Crippen LogP) is 8.23. The van der Waals surface area contributed by atoms with Crippen LogP contribution < -0.4 is 5.30 Å². The van der Waals surface area contributed by atoms with Crippen molar-refractivity contribution in [2.45, 2.75) is 105 Å². The van der Waals surface area contributed by atoms with E-state index in [4.69, 9.17) is 9.47 Å². The van der Waals surface area contributed by atoms with E-state index in [1.165, 1.54) is 72.5 Å². The van der Waals surface area contributed by atoms with Crippen molar-refractivity contribution in [2.24, 2.45) is 0 Å². The summed E-state index contributed by atoms with van der Waals surface area (Å²) in [7, 11) is 0.703. The van der Waals surface area contributed by atoms with Gasteiger partial charge >= 0.3 is 0 Å². The maximum absolute atomic E-state index is 5.80. The Bertz CT molecular complexity index is 608. The van der Waals surface area contributed by atoms with Gasteiger partial charge in [-0.3, -0.25) is 0 Å². The van der Waals surface area contributed by atoms with E-state index in [1.54, 1.807) is 0 Å². The van der Waals surface area contributed by atoms with E-state index in [9.17, 15) is 0 Å².